The first kappa shape index (κ1) is 16.7. The lowest BCUT2D eigenvalue weighted by Crippen LogP contribution is -2.50. The molecule has 0 bridgehead atoms. The van der Waals surface area contributed by atoms with Gasteiger partial charge in [0.05, 0.1) is 13.2 Å². The van der Waals surface area contributed by atoms with Gasteiger partial charge >= 0.3 is 0 Å². The number of nitrogens with one attached hydrogen (secondary N) is 1. The van der Waals surface area contributed by atoms with E-state index in [2.05, 4.69) is 53.2 Å². The quantitative estimate of drug-likeness (QED) is 0.902. The summed E-state index contributed by atoms with van der Waals surface area (Å²) in [7, 11) is 0. The Kier molecular flexibility index (Phi) is 5.92. The van der Waals surface area contributed by atoms with Crippen molar-refractivity contribution < 1.29 is 4.74 Å². The van der Waals surface area contributed by atoms with Crippen LogP contribution in [0.1, 0.15) is 25.3 Å². The van der Waals surface area contributed by atoms with Gasteiger partial charge in [-0.15, -0.1) is 0 Å². The molecule has 128 valence electrons. The molecule has 0 radical (unpaired) electrons. The third-order valence-electron chi connectivity index (χ3n) is 5.23. The standard InChI is InChI=1S/C19H31N3O/c1-16-4-3-5-19(14-16)22-8-6-18(7-9-22)20-15-17(2)21-10-12-23-13-11-21/h3-5,14,17-18,20H,6-13,15H2,1-2H3/t17-/m1/s1. The summed E-state index contributed by atoms with van der Waals surface area (Å²) in [6.45, 7) is 11.8. The van der Waals surface area contributed by atoms with Gasteiger partial charge in [-0.3, -0.25) is 4.90 Å². The molecule has 2 saturated heterocycles. The summed E-state index contributed by atoms with van der Waals surface area (Å²) in [5.41, 5.74) is 2.73. The van der Waals surface area contributed by atoms with Gasteiger partial charge in [-0.05, 0) is 44.4 Å². The fourth-order valence-electron chi connectivity index (χ4n) is 3.65. The van der Waals surface area contributed by atoms with Crippen LogP contribution in [0.25, 0.3) is 0 Å². The topological polar surface area (TPSA) is 27.7 Å². The molecule has 4 nitrogen and oxygen atoms in total. The number of nitrogens with zero attached hydrogens (tertiary/aromatic N) is 2. The highest BCUT2D eigenvalue weighted by Crippen LogP contribution is 2.21. The van der Waals surface area contributed by atoms with Crippen LogP contribution in [0.15, 0.2) is 24.3 Å². The van der Waals surface area contributed by atoms with Crippen molar-refractivity contribution in [3.63, 3.8) is 0 Å². The average molecular weight is 317 g/mol. The lowest BCUT2D eigenvalue weighted by Gasteiger charge is -2.36. The third-order valence-corrected chi connectivity index (χ3v) is 5.23. The summed E-state index contributed by atoms with van der Waals surface area (Å²) in [5, 5.41) is 3.79. The highest BCUT2D eigenvalue weighted by Gasteiger charge is 2.21. The maximum absolute atomic E-state index is 5.44. The van der Waals surface area contributed by atoms with E-state index in [-0.39, 0.29) is 0 Å². The zero-order chi connectivity index (χ0) is 16.1. The van der Waals surface area contributed by atoms with E-state index in [1.807, 2.05) is 0 Å². The first-order chi connectivity index (χ1) is 11.2. The second kappa shape index (κ2) is 8.13. The summed E-state index contributed by atoms with van der Waals surface area (Å²) in [5.74, 6) is 0. The molecule has 1 aromatic carbocycles. The molecule has 1 atom stereocenters. The van der Waals surface area contributed by atoms with Crippen LogP contribution in [0.5, 0.6) is 0 Å². The van der Waals surface area contributed by atoms with E-state index in [9.17, 15) is 0 Å². The molecule has 2 aliphatic heterocycles. The highest BCUT2D eigenvalue weighted by molar-refractivity contribution is 5.48. The van der Waals surface area contributed by atoms with Crippen molar-refractivity contribution in [1.82, 2.24) is 10.2 Å². The lowest BCUT2D eigenvalue weighted by atomic mass is 10.0. The minimum atomic E-state index is 0.605. The van der Waals surface area contributed by atoms with Gasteiger partial charge in [-0.2, -0.15) is 0 Å². The Hall–Kier alpha value is -1.10. The van der Waals surface area contributed by atoms with Crippen molar-refractivity contribution in [3.05, 3.63) is 29.8 Å². The Morgan fingerprint density at radius 2 is 1.91 bits per heavy atom. The largest absolute Gasteiger partial charge is 0.379 e. The minimum absolute atomic E-state index is 0.605. The van der Waals surface area contributed by atoms with Crippen molar-refractivity contribution in [3.8, 4) is 0 Å². The number of aryl methyl sites for hydroxylation is 1. The smallest absolute Gasteiger partial charge is 0.0594 e. The van der Waals surface area contributed by atoms with Crippen LogP contribution < -0.4 is 10.2 Å². The van der Waals surface area contributed by atoms with E-state index in [1.165, 1.54) is 24.1 Å². The van der Waals surface area contributed by atoms with Crippen LogP contribution in [0.3, 0.4) is 0 Å². The van der Waals surface area contributed by atoms with Gasteiger partial charge in [0.15, 0.2) is 0 Å². The van der Waals surface area contributed by atoms with Crippen LogP contribution >= 0.6 is 0 Å². The molecule has 0 aliphatic carbocycles. The van der Waals surface area contributed by atoms with Gasteiger partial charge in [-0.25, -0.2) is 0 Å². The van der Waals surface area contributed by atoms with E-state index in [1.54, 1.807) is 0 Å². The lowest BCUT2D eigenvalue weighted by molar-refractivity contribution is 0.0198. The number of piperidine rings is 1. The van der Waals surface area contributed by atoms with E-state index in [0.29, 0.717) is 12.1 Å². The SMILES string of the molecule is Cc1cccc(N2CCC(NC[C@@H](C)N3CCOCC3)CC2)c1. The number of anilines is 1. The summed E-state index contributed by atoms with van der Waals surface area (Å²) in [6.07, 6.45) is 2.48. The molecular formula is C19H31N3O. The molecule has 0 spiro atoms. The molecule has 1 N–H and O–H groups in total. The van der Waals surface area contributed by atoms with Gasteiger partial charge in [-0.1, -0.05) is 12.1 Å². The van der Waals surface area contributed by atoms with E-state index < -0.39 is 0 Å². The van der Waals surface area contributed by atoms with Gasteiger partial charge in [0.1, 0.15) is 0 Å². The Morgan fingerprint density at radius 1 is 1.17 bits per heavy atom. The molecule has 2 heterocycles. The van der Waals surface area contributed by atoms with E-state index >= 15 is 0 Å². The predicted molar refractivity (Wildman–Crippen MR) is 96.3 cm³/mol. The fraction of sp³-hybridized carbons (Fsp3) is 0.684. The molecular weight excluding hydrogens is 286 g/mol. The number of ether oxygens (including phenoxy) is 1. The van der Waals surface area contributed by atoms with Crippen LogP contribution in [0, 0.1) is 6.92 Å². The van der Waals surface area contributed by atoms with Gasteiger partial charge in [0.2, 0.25) is 0 Å². The maximum atomic E-state index is 5.44. The predicted octanol–water partition coefficient (Wildman–Crippen LogP) is 2.27. The highest BCUT2D eigenvalue weighted by atomic mass is 16.5. The number of morpholine rings is 1. The van der Waals surface area contributed by atoms with Crippen molar-refractivity contribution in [2.45, 2.75) is 38.8 Å². The second-order valence-corrected chi connectivity index (χ2v) is 7.01. The molecule has 0 amide bonds. The van der Waals surface area contributed by atoms with E-state index in [4.69, 9.17) is 4.74 Å². The number of benzene rings is 1. The Morgan fingerprint density at radius 3 is 2.61 bits per heavy atom. The Balaban J connectivity index is 1.40. The molecule has 2 fully saturated rings. The number of hydrogen-bond donors (Lipinski definition) is 1. The summed E-state index contributed by atoms with van der Waals surface area (Å²) in [4.78, 5) is 5.06. The van der Waals surface area contributed by atoms with Crippen LogP contribution in [0.2, 0.25) is 0 Å². The summed E-state index contributed by atoms with van der Waals surface area (Å²) >= 11 is 0. The molecule has 0 aromatic heterocycles. The van der Waals surface area contributed by atoms with E-state index in [0.717, 1.165) is 45.9 Å². The third kappa shape index (κ3) is 4.69. The fourth-order valence-corrected chi connectivity index (χ4v) is 3.65. The van der Waals surface area contributed by atoms with Gasteiger partial charge in [0.25, 0.3) is 0 Å². The first-order valence-electron chi connectivity index (χ1n) is 9.09. The monoisotopic (exact) mass is 317 g/mol. The molecule has 3 rings (SSSR count). The van der Waals surface area contributed by atoms with Crippen molar-refractivity contribution >= 4 is 5.69 Å². The Bertz CT molecular complexity index is 479. The minimum Gasteiger partial charge on any atom is -0.379 e. The first-order valence-corrected chi connectivity index (χ1v) is 9.09. The molecule has 0 unspecified atom stereocenters. The normalized spacial score (nSPS) is 22.3. The maximum Gasteiger partial charge on any atom is 0.0594 e. The number of rotatable bonds is 5. The van der Waals surface area contributed by atoms with Crippen LogP contribution in [-0.4, -0.2) is 62.9 Å². The summed E-state index contributed by atoms with van der Waals surface area (Å²) in [6, 6.07) is 10.1. The molecule has 4 heteroatoms. The van der Waals surface area contributed by atoms with Crippen molar-refractivity contribution in [1.29, 1.82) is 0 Å². The van der Waals surface area contributed by atoms with Crippen LogP contribution in [-0.2, 0) is 4.74 Å². The molecule has 23 heavy (non-hydrogen) atoms. The summed E-state index contributed by atoms with van der Waals surface area (Å²) < 4.78 is 5.44. The van der Waals surface area contributed by atoms with Crippen molar-refractivity contribution in [2.24, 2.45) is 0 Å². The van der Waals surface area contributed by atoms with Gasteiger partial charge < -0.3 is 15.0 Å². The molecule has 0 saturated carbocycles. The second-order valence-electron chi connectivity index (χ2n) is 7.01. The van der Waals surface area contributed by atoms with Crippen molar-refractivity contribution in [2.75, 3.05) is 50.8 Å². The Labute approximate surface area is 140 Å². The zero-order valence-electron chi connectivity index (χ0n) is 14.6. The van der Waals surface area contributed by atoms with Gasteiger partial charge in [0, 0.05) is 50.5 Å². The molecule has 2 aliphatic rings. The number of hydrogen-bond acceptors (Lipinski definition) is 4. The molecule has 1 aromatic rings. The average Bonchev–Trinajstić information content (AvgIpc) is 2.61. The van der Waals surface area contributed by atoms with Crippen LogP contribution in [0.4, 0.5) is 5.69 Å². The zero-order valence-corrected chi connectivity index (χ0v) is 14.6.